The molecule has 1 heterocycles. The third kappa shape index (κ3) is 2.49. The fourth-order valence-corrected chi connectivity index (χ4v) is 2.52. The van der Waals surface area contributed by atoms with Crippen LogP contribution in [-0.2, 0) is 4.74 Å². The van der Waals surface area contributed by atoms with Crippen LogP contribution in [0.4, 0.5) is 0 Å². The van der Waals surface area contributed by atoms with Crippen LogP contribution in [0.5, 0.6) is 0 Å². The maximum absolute atomic E-state index is 5.46. The number of hydrogen-bond donors (Lipinski definition) is 0. The molecule has 1 aliphatic heterocycles. The van der Waals surface area contributed by atoms with Crippen molar-refractivity contribution >= 4 is 26.2 Å². The number of benzene rings is 1. The summed E-state index contributed by atoms with van der Waals surface area (Å²) in [6, 6.07) is 10.4. The van der Waals surface area contributed by atoms with Crippen LogP contribution in [0.3, 0.4) is 0 Å². The molecule has 0 fully saturated rings. The summed E-state index contributed by atoms with van der Waals surface area (Å²) in [5.74, 6) is 0. The van der Waals surface area contributed by atoms with Crippen LogP contribution in [0.1, 0.15) is 12.5 Å². The van der Waals surface area contributed by atoms with Crippen molar-refractivity contribution in [1.82, 2.24) is 0 Å². The first-order chi connectivity index (χ1) is 7.29. The lowest BCUT2D eigenvalue weighted by atomic mass is 10.0. The molecule has 0 aliphatic carbocycles. The van der Waals surface area contributed by atoms with E-state index in [1.54, 1.807) is 0 Å². The van der Waals surface area contributed by atoms with Crippen LogP contribution in [0.15, 0.2) is 47.6 Å². The summed E-state index contributed by atoms with van der Waals surface area (Å²) >= 11 is 2.40. The Labute approximate surface area is 104 Å². The lowest BCUT2D eigenvalue weighted by Gasteiger charge is -2.16. The Bertz CT molecular complexity index is 404. The van der Waals surface area contributed by atoms with Gasteiger partial charge in [-0.3, -0.25) is 0 Å². The standard InChI is InChI=1S/C13H13IO/c1-10-7-8-15-9-12(10)13(14)11-5-3-2-4-6-11/h2-7H,8-9H2,1H3/b13-12+. The average Bonchev–Trinajstić information content (AvgIpc) is 2.30. The van der Waals surface area contributed by atoms with Crippen molar-refractivity contribution in [3.8, 4) is 0 Å². The average molecular weight is 312 g/mol. The van der Waals surface area contributed by atoms with E-state index in [9.17, 15) is 0 Å². The van der Waals surface area contributed by atoms with Gasteiger partial charge in [0.1, 0.15) is 0 Å². The first-order valence-electron chi connectivity index (χ1n) is 4.98. The molecule has 1 aromatic rings. The summed E-state index contributed by atoms with van der Waals surface area (Å²) in [4.78, 5) is 0. The lowest BCUT2D eigenvalue weighted by Crippen LogP contribution is -2.07. The maximum atomic E-state index is 5.46. The summed E-state index contributed by atoms with van der Waals surface area (Å²) in [5, 5.41) is 0. The van der Waals surface area contributed by atoms with Gasteiger partial charge in [-0.25, -0.2) is 0 Å². The Balaban J connectivity index is 2.41. The molecule has 1 aliphatic rings. The van der Waals surface area contributed by atoms with E-state index >= 15 is 0 Å². The topological polar surface area (TPSA) is 9.23 Å². The third-order valence-electron chi connectivity index (χ3n) is 2.52. The van der Waals surface area contributed by atoms with Gasteiger partial charge < -0.3 is 4.74 Å². The zero-order valence-corrected chi connectivity index (χ0v) is 10.8. The van der Waals surface area contributed by atoms with Gasteiger partial charge in [0.2, 0.25) is 0 Å². The second kappa shape index (κ2) is 4.94. The van der Waals surface area contributed by atoms with E-state index < -0.39 is 0 Å². The molecule has 78 valence electrons. The highest BCUT2D eigenvalue weighted by atomic mass is 127. The molecule has 15 heavy (non-hydrogen) atoms. The van der Waals surface area contributed by atoms with Crippen LogP contribution in [-0.4, -0.2) is 13.2 Å². The first kappa shape index (κ1) is 10.9. The molecule has 0 saturated carbocycles. The SMILES string of the molecule is CC1=CCOC/C1=C(\I)c1ccccc1. The fraction of sp³-hybridized carbons (Fsp3) is 0.231. The Hall–Kier alpha value is -0.610. The van der Waals surface area contributed by atoms with Gasteiger partial charge in [-0.1, -0.05) is 36.4 Å². The van der Waals surface area contributed by atoms with Crippen LogP contribution >= 0.6 is 22.6 Å². The molecule has 0 saturated heterocycles. The summed E-state index contributed by atoms with van der Waals surface area (Å²) in [6.07, 6.45) is 2.14. The maximum Gasteiger partial charge on any atom is 0.0734 e. The van der Waals surface area contributed by atoms with Gasteiger partial charge in [0.25, 0.3) is 0 Å². The minimum absolute atomic E-state index is 0.732. The van der Waals surface area contributed by atoms with Gasteiger partial charge >= 0.3 is 0 Å². The van der Waals surface area contributed by atoms with Gasteiger partial charge in [-0.2, -0.15) is 0 Å². The van der Waals surface area contributed by atoms with Crippen LogP contribution in [0.2, 0.25) is 0 Å². The molecule has 0 atom stereocenters. The molecule has 0 radical (unpaired) electrons. The normalized spacial score (nSPS) is 19.7. The molecular formula is C13H13IO. The highest BCUT2D eigenvalue weighted by Crippen LogP contribution is 2.30. The summed E-state index contributed by atoms with van der Waals surface area (Å²) in [6.45, 7) is 3.63. The van der Waals surface area contributed by atoms with E-state index in [1.807, 2.05) is 6.07 Å². The van der Waals surface area contributed by atoms with Crippen molar-refractivity contribution in [2.24, 2.45) is 0 Å². The highest BCUT2D eigenvalue weighted by molar-refractivity contribution is 14.1. The minimum Gasteiger partial charge on any atom is -0.373 e. The quantitative estimate of drug-likeness (QED) is 0.717. The highest BCUT2D eigenvalue weighted by Gasteiger charge is 2.11. The van der Waals surface area contributed by atoms with Crippen molar-refractivity contribution in [2.45, 2.75) is 6.92 Å². The van der Waals surface area contributed by atoms with Crippen molar-refractivity contribution in [1.29, 1.82) is 0 Å². The van der Waals surface area contributed by atoms with Crippen molar-refractivity contribution in [2.75, 3.05) is 13.2 Å². The number of rotatable bonds is 1. The summed E-state index contributed by atoms with van der Waals surface area (Å²) < 4.78 is 6.75. The number of halogens is 1. The molecule has 0 unspecified atom stereocenters. The van der Waals surface area contributed by atoms with E-state index in [1.165, 1.54) is 20.3 Å². The molecule has 1 aromatic carbocycles. The molecule has 0 aromatic heterocycles. The molecule has 2 heteroatoms. The van der Waals surface area contributed by atoms with E-state index in [4.69, 9.17) is 4.74 Å². The minimum atomic E-state index is 0.732. The predicted molar refractivity (Wildman–Crippen MR) is 72.0 cm³/mol. The summed E-state index contributed by atoms with van der Waals surface area (Å²) in [7, 11) is 0. The molecule has 0 spiro atoms. The first-order valence-corrected chi connectivity index (χ1v) is 6.06. The molecular weight excluding hydrogens is 299 g/mol. The second-order valence-electron chi connectivity index (χ2n) is 3.56. The van der Waals surface area contributed by atoms with Gasteiger partial charge in [-0.05, 0) is 46.2 Å². The molecule has 2 rings (SSSR count). The zero-order valence-electron chi connectivity index (χ0n) is 8.66. The van der Waals surface area contributed by atoms with Crippen molar-refractivity contribution in [3.63, 3.8) is 0 Å². The van der Waals surface area contributed by atoms with Gasteiger partial charge in [0, 0.05) is 3.58 Å². The monoisotopic (exact) mass is 312 g/mol. The summed E-state index contributed by atoms with van der Waals surface area (Å²) in [5.41, 5.74) is 3.92. The van der Waals surface area contributed by atoms with E-state index in [0.717, 1.165) is 13.2 Å². The largest absolute Gasteiger partial charge is 0.373 e. The molecule has 1 nitrogen and oxygen atoms in total. The Morgan fingerprint density at radius 1 is 1.27 bits per heavy atom. The smallest absolute Gasteiger partial charge is 0.0734 e. The Morgan fingerprint density at radius 2 is 2.00 bits per heavy atom. The van der Waals surface area contributed by atoms with E-state index in [2.05, 4.69) is 59.9 Å². The molecule has 0 bridgehead atoms. The van der Waals surface area contributed by atoms with Crippen molar-refractivity contribution in [3.05, 3.63) is 53.1 Å². The zero-order chi connectivity index (χ0) is 10.7. The Morgan fingerprint density at radius 3 is 2.67 bits per heavy atom. The van der Waals surface area contributed by atoms with E-state index in [0.29, 0.717) is 0 Å². The second-order valence-corrected chi connectivity index (χ2v) is 4.64. The van der Waals surface area contributed by atoms with Gasteiger partial charge in [-0.15, -0.1) is 0 Å². The van der Waals surface area contributed by atoms with Gasteiger partial charge in [0.05, 0.1) is 13.2 Å². The van der Waals surface area contributed by atoms with Gasteiger partial charge in [0.15, 0.2) is 0 Å². The molecule has 0 amide bonds. The predicted octanol–water partition coefficient (Wildman–Crippen LogP) is 3.81. The number of hydrogen-bond acceptors (Lipinski definition) is 1. The van der Waals surface area contributed by atoms with Crippen LogP contribution in [0.25, 0.3) is 3.58 Å². The van der Waals surface area contributed by atoms with Crippen molar-refractivity contribution < 1.29 is 4.74 Å². The van der Waals surface area contributed by atoms with Crippen LogP contribution < -0.4 is 0 Å². The van der Waals surface area contributed by atoms with Crippen LogP contribution in [0, 0.1) is 0 Å². The lowest BCUT2D eigenvalue weighted by molar-refractivity contribution is 0.181. The Kier molecular flexibility index (Phi) is 3.59. The van der Waals surface area contributed by atoms with E-state index in [-0.39, 0.29) is 0 Å². The molecule has 0 N–H and O–H groups in total. The number of ether oxygens (including phenoxy) is 1. The third-order valence-corrected chi connectivity index (χ3v) is 3.80. The fourth-order valence-electron chi connectivity index (χ4n) is 1.58.